The summed E-state index contributed by atoms with van der Waals surface area (Å²) in [5.74, 6) is 0.671. The zero-order valence-electron chi connectivity index (χ0n) is 12.7. The Morgan fingerprint density at radius 2 is 1.91 bits per heavy atom. The second kappa shape index (κ2) is 6.56. The standard InChI is InChI=1S/C17H20N4O/c1-13(14-7-3-2-4-8-14)20-17(22)15-11-16(19-12-18-15)21-9-5-6-10-21/h2-4,7-8,11-13H,5-6,9-10H2,1H3,(H,20,22). The molecule has 0 saturated carbocycles. The van der Waals surface area contributed by atoms with Crippen LogP contribution in [0, 0.1) is 0 Å². The van der Waals surface area contributed by atoms with Crippen molar-refractivity contribution in [2.45, 2.75) is 25.8 Å². The van der Waals surface area contributed by atoms with E-state index in [2.05, 4.69) is 20.2 Å². The number of carbonyl (C=O) groups is 1. The first kappa shape index (κ1) is 14.5. The minimum absolute atomic E-state index is 0.0566. The smallest absolute Gasteiger partial charge is 0.270 e. The van der Waals surface area contributed by atoms with Gasteiger partial charge in [-0.05, 0) is 25.3 Å². The molecule has 1 amide bonds. The van der Waals surface area contributed by atoms with Crippen molar-refractivity contribution >= 4 is 11.7 Å². The third-order valence-corrected chi connectivity index (χ3v) is 3.96. The van der Waals surface area contributed by atoms with Gasteiger partial charge in [0.25, 0.3) is 5.91 Å². The zero-order valence-corrected chi connectivity index (χ0v) is 12.7. The molecule has 1 N–H and O–H groups in total. The minimum atomic E-state index is -0.167. The van der Waals surface area contributed by atoms with Gasteiger partial charge in [-0.2, -0.15) is 0 Å². The highest BCUT2D eigenvalue weighted by Gasteiger charge is 2.17. The molecule has 2 heterocycles. The first-order valence-electron chi connectivity index (χ1n) is 7.67. The Kier molecular flexibility index (Phi) is 4.32. The average molecular weight is 296 g/mol. The van der Waals surface area contributed by atoms with Gasteiger partial charge in [-0.1, -0.05) is 30.3 Å². The van der Waals surface area contributed by atoms with Gasteiger partial charge in [0.2, 0.25) is 0 Å². The van der Waals surface area contributed by atoms with Crippen molar-refractivity contribution in [1.82, 2.24) is 15.3 Å². The van der Waals surface area contributed by atoms with Gasteiger partial charge in [-0.3, -0.25) is 4.79 Å². The zero-order chi connectivity index (χ0) is 15.4. The summed E-state index contributed by atoms with van der Waals surface area (Å²) in [7, 11) is 0. The fourth-order valence-electron chi connectivity index (χ4n) is 2.69. The van der Waals surface area contributed by atoms with Crippen LogP contribution in [-0.4, -0.2) is 29.0 Å². The van der Waals surface area contributed by atoms with Gasteiger partial charge in [-0.15, -0.1) is 0 Å². The third-order valence-electron chi connectivity index (χ3n) is 3.96. The summed E-state index contributed by atoms with van der Waals surface area (Å²) in [6.45, 7) is 3.97. The number of hydrogen-bond donors (Lipinski definition) is 1. The van der Waals surface area contributed by atoms with Crippen LogP contribution in [0.25, 0.3) is 0 Å². The SMILES string of the molecule is CC(NC(=O)c1cc(N2CCCC2)ncn1)c1ccccc1. The van der Waals surface area contributed by atoms with Crippen LogP contribution in [0.15, 0.2) is 42.7 Å². The fraction of sp³-hybridized carbons (Fsp3) is 0.353. The fourth-order valence-corrected chi connectivity index (χ4v) is 2.69. The van der Waals surface area contributed by atoms with Crippen LogP contribution in [0.4, 0.5) is 5.82 Å². The van der Waals surface area contributed by atoms with E-state index in [4.69, 9.17) is 0 Å². The van der Waals surface area contributed by atoms with Crippen molar-refractivity contribution in [1.29, 1.82) is 0 Å². The molecule has 1 aliphatic rings. The molecule has 2 aromatic rings. The predicted octanol–water partition coefficient (Wildman–Crippen LogP) is 2.57. The van der Waals surface area contributed by atoms with Crippen LogP contribution >= 0.6 is 0 Å². The molecule has 1 aliphatic heterocycles. The number of amides is 1. The monoisotopic (exact) mass is 296 g/mol. The van der Waals surface area contributed by atoms with Crippen molar-refractivity contribution in [3.8, 4) is 0 Å². The molecule has 1 aromatic carbocycles. The van der Waals surface area contributed by atoms with Gasteiger partial charge in [0.05, 0.1) is 6.04 Å². The number of carbonyl (C=O) groups excluding carboxylic acids is 1. The molecule has 1 fully saturated rings. The molecule has 1 atom stereocenters. The van der Waals surface area contributed by atoms with Crippen LogP contribution in [0.2, 0.25) is 0 Å². The second-order valence-electron chi connectivity index (χ2n) is 5.56. The lowest BCUT2D eigenvalue weighted by atomic mass is 10.1. The van der Waals surface area contributed by atoms with Gasteiger partial charge in [-0.25, -0.2) is 9.97 Å². The third kappa shape index (κ3) is 3.24. The quantitative estimate of drug-likeness (QED) is 0.942. The van der Waals surface area contributed by atoms with E-state index in [9.17, 15) is 4.79 Å². The summed E-state index contributed by atoms with van der Waals surface area (Å²) in [4.78, 5) is 23.0. The summed E-state index contributed by atoms with van der Waals surface area (Å²) in [5, 5.41) is 2.98. The topological polar surface area (TPSA) is 58.1 Å². The van der Waals surface area contributed by atoms with E-state index in [-0.39, 0.29) is 11.9 Å². The van der Waals surface area contributed by atoms with Gasteiger partial charge in [0, 0.05) is 19.2 Å². The molecule has 1 unspecified atom stereocenters. The normalized spacial score (nSPS) is 15.6. The van der Waals surface area contributed by atoms with Crippen LogP contribution < -0.4 is 10.2 Å². The molecule has 1 saturated heterocycles. The maximum Gasteiger partial charge on any atom is 0.270 e. The van der Waals surface area contributed by atoms with Crippen molar-refractivity contribution in [3.63, 3.8) is 0 Å². The lowest BCUT2D eigenvalue weighted by Gasteiger charge is -2.17. The molecule has 5 heteroatoms. The van der Waals surface area contributed by atoms with E-state index in [1.54, 1.807) is 6.07 Å². The summed E-state index contributed by atoms with van der Waals surface area (Å²) in [6, 6.07) is 11.6. The van der Waals surface area contributed by atoms with E-state index in [1.807, 2.05) is 37.3 Å². The second-order valence-corrected chi connectivity index (χ2v) is 5.56. The van der Waals surface area contributed by atoms with Crippen molar-refractivity contribution in [2.24, 2.45) is 0 Å². The molecule has 3 rings (SSSR count). The highest BCUT2D eigenvalue weighted by atomic mass is 16.1. The number of nitrogens with one attached hydrogen (secondary N) is 1. The molecule has 0 bridgehead atoms. The Morgan fingerprint density at radius 3 is 2.64 bits per heavy atom. The number of hydrogen-bond acceptors (Lipinski definition) is 4. The van der Waals surface area contributed by atoms with Gasteiger partial charge < -0.3 is 10.2 Å². The number of rotatable bonds is 4. The maximum absolute atomic E-state index is 12.4. The summed E-state index contributed by atoms with van der Waals surface area (Å²) in [5.41, 5.74) is 1.49. The molecule has 0 radical (unpaired) electrons. The Bertz CT molecular complexity index is 638. The first-order chi connectivity index (χ1) is 10.7. The first-order valence-corrected chi connectivity index (χ1v) is 7.67. The number of anilines is 1. The molecule has 5 nitrogen and oxygen atoms in total. The Morgan fingerprint density at radius 1 is 1.18 bits per heavy atom. The lowest BCUT2D eigenvalue weighted by Crippen LogP contribution is -2.28. The van der Waals surface area contributed by atoms with E-state index in [1.165, 1.54) is 19.2 Å². The Labute approximate surface area is 130 Å². The van der Waals surface area contributed by atoms with E-state index >= 15 is 0 Å². The van der Waals surface area contributed by atoms with Crippen LogP contribution in [-0.2, 0) is 0 Å². The van der Waals surface area contributed by atoms with Crippen LogP contribution in [0.1, 0.15) is 41.9 Å². The molecule has 22 heavy (non-hydrogen) atoms. The van der Waals surface area contributed by atoms with Crippen molar-refractivity contribution < 1.29 is 4.79 Å². The summed E-state index contributed by atoms with van der Waals surface area (Å²) < 4.78 is 0. The molecule has 0 spiro atoms. The highest BCUT2D eigenvalue weighted by Crippen LogP contribution is 2.18. The number of benzene rings is 1. The van der Waals surface area contributed by atoms with Gasteiger partial charge in [0.1, 0.15) is 17.8 Å². The van der Waals surface area contributed by atoms with Crippen LogP contribution in [0.3, 0.4) is 0 Å². The van der Waals surface area contributed by atoms with E-state index in [0.717, 1.165) is 24.5 Å². The molecular formula is C17H20N4O. The number of aromatic nitrogens is 2. The Hall–Kier alpha value is -2.43. The van der Waals surface area contributed by atoms with E-state index in [0.29, 0.717) is 5.69 Å². The predicted molar refractivity (Wildman–Crippen MR) is 85.8 cm³/mol. The molecule has 0 aliphatic carbocycles. The highest BCUT2D eigenvalue weighted by molar-refractivity contribution is 5.93. The van der Waals surface area contributed by atoms with Crippen LogP contribution in [0.5, 0.6) is 0 Å². The molecular weight excluding hydrogens is 276 g/mol. The largest absolute Gasteiger partial charge is 0.357 e. The van der Waals surface area contributed by atoms with Gasteiger partial charge >= 0.3 is 0 Å². The van der Waals surface area contributed by atoms with Crippen molar-refractivity contribution in [2.75, 3.05) is 18.0 Å². The van der Waals surface area contributed by atoms with Crippen molar-refractivity contribution in [3.05, 3.63) is 54.0 Å². The van der Waals surface area contributed by atoms with Gasteiger partial charge in [0.15, 0.2) is 0 Å². The Balaban J connectivity index is 1.71. The maximum atomic E-state index is 12.4. The lowest BCUT2D eigenvalue weighted by molar-refractivity contribution is 0.0934. The number of nitrogens with zero attached hydrogens (tertiary/aromatic N) is 3. The minimum Gasteiger partial charge on any atom is -0.357 e. The molecule has 1 aromatic heterocycles. The van der Waals surface area contributed by atoms with E-state index < -0.39 is 0 Å². The average Bonchev–Trinajstić information content (AvgIpc) is 3.10. The molecule has 114 valence electrons. The summed E-state index contributed by atoms with van der Waals surface area (Å²) in [6.07, 6.45) is 3.82. The summed E-state index contributed by atoms with van der Waals surface area (Å²) >= 11 is 0.